The number of carbonyl (C=O) groups excluding carboxylic acids is 3. The average Bonchev–Trinajstić information content (AvgIpc) is 3.25. The van der Waals surface area contributed by atoms with Gasteiger partial charge in [-0.25, -0.2) is 14.2 Å². The highest BCUT2D eigenvalue weighted by Crippen LogP contribution is 2.45. The highest BCUT2D eigenvalue weighted by molar-refractivity contribution is 8.16. The van der Waals surface area contributed by atoms with Crippen LogP contribution in [0.5, 0.6) is 0 Å². The van der Waals surface area contributed by atoms with Gasteiger partial charge in [0.1, 0.15) is 5.82 Å². The van der Waals surface area contributed by atoms with Crippen molar-refractivity contribution in [2.45, 2.75) is 46.1 Å². The number of aliphatic imine (C=N–C) groups is 1. The lowest BCUT2D eigenvalue weighted by Crippen LogP contribution is -2.44. The van der Waals surface area contributed by atoms with Gasteiger partial charge in [0.25, 0.3) is 0 Å². The first kappa shape index (κ1) is 25.9. The van der Waals surface area contributed by atoms with E-state index in [9.17, 15) is 18.8 Å². The van der Waals surface area contributed by atoms with Crippen molar-refractivity contribution in [3.63, 3.8) is 0 Å². The molecule has 0 N–H and O–H groups in total. The SMILES string of the molecule is CCOC(=O)C1=C(C)N=C2SC=C(CC(=O)N3CCCC(C(=O)OCC)C3)N2C1c1cccc(F)c1. The van der Waals surface area contributed by atoms with Gasteiger partial charge in [0.15, 0.2) is 5.17 Å². The smallest absolute Gasteiger partial charge is 0.338 e. The van der Waals surface area contributed by atoms with E-state index in [2.05, 4.69) is 4.99 Å². The van der Waals surface area contributed by atoms with Gasteiger partial charge < -0.3 is 19.3 Å². The molecular formula is C26H30FN3O5S. The Morgan fingerprint density at radius 2 is 1.97 bits per heavy atom. The summed E-state index contributed by atoms with van der Waals surface area (Å²) >= 11 is 1.36. The molecule has 36 heavy (non-hydrogen) atoms. The van der Waals surface area contributed by atoms with Crippen LogP contribution in [0, 0.1) is 11.7 Å². The molecule has 192 valence electrons. The molecule has 2 unspecified atom stereocenters. The Morgan fingerprint density at radius 1 is 1.19 bits per heavy atom. The van der Waals surface area contributed by atoms with Crippen molar-refractivity contribution in [1.82, 2.24) is 9.80 Å². The van der Waals surface area contributed by atoms with Gasteiger partial charge in [0.2, 0.25) is 5.91 Å². The topological polar surface area (TPSA) is 88.5 Å². The Kier molecular flexibility index (Phi) is 8.13. The third-order valence-electron chi connectivity index (χ3n) is 6.39. The zero-order valence-electron chi connectivity index (χ0n) is 20.7. The summed E-state index contributed by atoms with van der Waals surface area (Å²) in [5.41, 5.74) is 2.03. The molecule has 3 heterocycles. The number of benzene rings is 1. The number of amidine groups is 1. The number of ether oxygens (including phenoxy) is 2. The number of carbonyl (C=O) groups is 3. The molecule has 1 aromatic rings. The predicted octanol–water partition coefficient (Wildman–Crippen LogP) is 4.16. The summed E-state index contributed by atoms with van der Waals surface area (Å²) in [6.07, 6.45) is 1.47. The zero-order chi connectivity index (χ0) is 25.8. The number of esters is 2. The number of amides is 1. The van der Waals surface area contributed by atoms with Crippen LogP contribution < -0.4 is 0 Å². The number of rotatable bonds is 7. The molecule has 1 saturated heterocycles. The zero-order valence-corrected chi connectivity index (χ0v) is 21.5. The van der Waals surface area contributed by atoms with E-state index in [0.29, 0.717) is 53.8 Å². The van der Waals surface area contributed by atoms with Crippen LogP contribution in [0.3, 0.4) is 0 Å². The fourth-order valence-electron chi connectivity index (χ4n) is 4.75. The van der Waals surface area contributed by atoms with E-state index in [1.165, 1.54) is 23.9 Å². The number of hydrogen-bond donors (Lipinski definition) is 0. The summed E-state index contributed by atoms with van der Waals surface area (Å²) in [4.78, 5) is 46.7. The van der Waals surface area contributed by atoms with E-state index in [0.717, 1.165) is 6.42 Å². The summed E-state index contributed by atoms with van der Waals surface area (Å²) < 4.78 is 24.7. The van der Waals surface area contributed by atoms with Crippen molar-refractivity contribution in [3.05, 3.63) is 58.0 Å². The summed E-state index contributed by atoms with van der Waals surface area (Å²) in [5, 5.41) is 2.46. The molecule has 0 spiro atoms. The molecule has 0 saturated carbocycles. The molecule has 10 heteroatoms. The van der Waals surface area contributed by atoms with Crippen LogP contribution in [0.15, 0.2) is 51.6 Å². The maximum atomic E-state index is 14.2. The first-order chi connectivity index (χ1) is 17.3. The van der Waals surface area contributed by atoms with Crippen LogP contribution in [0.1, 0.15) is 51.6 Å². The highest BCUT2D eigenvalue weighted by atomic mass is 32.2. The number of thioether (sulfide) groups is 1. The summed E-state index contributed by atoms with van der Waals surface area (Å²) in [6, 6.07) is 5.39. The predicted molar refractivity (Wildman–Crippen MR) is 134 cm³/mol. The number of fused-ring (bicyclic) bond motifs is 1. The standard InChI is InChI=1S/C26H30FN3O5S/c1-4-34-24(32)18-9-7-11-29(14-18)21(31)13-20-15-36-26-28-16(3)22(25(33)35-5-2)23(30(20)26)17-8-6-10-19(27)12-17/h6,8,10,12,15,18,23H,4-5,7,9,11,13-14H2,1-3H3. The number of allylic oxidation sites excluding steroid dienone is 1. The van der Waals surface area contributed by atoms with E-state index in [1.54, 1.807) is 37.8 Å². The summed E-state index contributed by atoms with van der Waals surface area (Å²) in [6.45, 7) is 6.60. The van der Waals surface area contributed by atoms with Crippen molar-refractivity contribution < 1.29 is 28.2 Å². The molecule has 1 amide bonds. The lowest BCUT2D eigenvalue weighted by atomic mass is 9.93. The monoisotopic (exact) mass is 515 g/mol. The van der Waals surface area contributed by atoms with Crippen molar-refractivity contribution >= 4 is 34.8 Å². The Morgan fingerprint density at radius 3 is 2.69 bits per heavy atom. The average molecular weight is 516 g/mol. The molecule has 8 nitrogen and oxygen atoms in total. The Bertz CT molecular complexity index is 1150. The van der Waals surface area contributed by atoms with E-state index >= 15 is 0 Å². The first-order valence-corrected chi connectivity index (χ1v) is 13.0. The van der Waals surface area contributed by atoms with Gasteiger partial charge >= 0.3 is 11.9 Å². The van der Waals surface area contributed by atoms with Gasteiger partial charge in [0, 0.05) is 18.8 Å². The van der Waals surface area contributed by atoms with Crippen LogP contribution >= 0.6 is 11.8 Å². The van der Waals surface area contributed by atoms with Crippen LogP contribution in [-0.4, -0.2) is 59.1 Å². The fourth-order valence-corrected chi connectivity index (χ4v) is 5.72. The molecular weight excluding hydrogens is 485 g/mol. The van der Waals surface area contributed by atoms with E-state index in [1.807, 2.05) is 10.3 Å². The van der Waals surface area contributed by atoms with E-state index in [-0.39, 0.29) is 30.8 Å². The second kappa shape index (κ2) is 11.3. The number of hydrogen-bond acceptors (Lipinski definition) is 8. The van der Waals surface area contributed by atoms with Crippen molar-refractivity contribution in [3.8, 4) is 0 Å². The molecule has 1 aromatic carbocycles. The van der Waals surface area contributed by atoms with Gasteiger partial charge in [-0.3, -0.25) is 9.59 Å². The summed E-state index contributed by atoms with van der Waals surface area (Å²) in [5.74, 6) is -1.68. The second-order valence-corrected chi connectivity index (χ2v) is 9.61. The largest absolute Gasteiger partial charge is 0.466 e. The Labute approximate surface area is 214 Å². The van der Waals surface area contributed by atoms with Gasteiger partial charge in [-0.15, -0.1) is 0 Å². The number of nitrogens with zero attached hydrogens (tertiary/aromatic N) is 3. The quantitative estimate of drug-likeness (QED) is 0.504. The normalized spacial score (nSPS) is 21.6. The minimum absolute atomic E-state index is 0.0581. The van der Waals surface area contributed by atoms with Crippen molar-refractivity contribution in [1.29, 1.82) is 0 Å². The fraction of sp³-hybridized carbons (Fsp3) is 0.462. The van der Waals surface area contributed by atoms with Crippen molar-refractivity contribution in [2.24, 2.45) is 10.9 Å². The lowest BCUT2D eigenvalue weighted by Gasteiger charge is -2.37. The molecule has 4 rings (SSSR count). The van der Waals surface area contributed by atoms with Crippen LogP contribution in [0.25, 0.3) is 0 Å². The molecule has 3 aliphatic rings. The molecule has 0 aromatic heterocycles. The van der Waals surface area contributed by atoms with Gasteiger partial charge in [-0.1, -0.05) is 23.9 Å². The van der Waals surface area contributed by atoms with E-state index in [4.69, 9.17) is 9.47 Å². The Hall–Kier alpha value is -3.14. The maximum Gasteiger partial charge on any atom is 0.338 e. The number of piperidine rings is 1. The minimum atomic E-state index is -0.685. The first-order valence-electron chi connectivity index (χ1n) is 12.1. The van der Waals surface area contributed by atoms with Gasteiger partial charge in [0.05, 0.1) is 42.9 Å². The molecule has 0 bridgehead atoms. The summed E-state index contributed by atoms with van der Waals surface area (Å²) in [7, 11) is 0. The number of likely N-dealkylation sites (tertiary alicyclic amines) is 1. The van der Waals surface area contributed by atoms with Crippen LogP contribution in [0.2, 0.25) is 0 Å². The molecule has 0 aliphatic carbocycles. The van der Waals surface area contributed by atoms with Crippen LogP contribution in [-0.2, 0) is 23.9 Å². The highest BCUT2D eigenvalue weighted by Gasteiger charge is 2.42. The molecule has 2 atom stereocenters. The van der Waals surface area contributed by atoms with E-state index < -0.39 is 17.8 Å². The minimum Gasteiger partial charge on any atom is -0.466 e. The van der Waals surface area contributed by atoms with Gasteiger partial charge in [-0.2, -0.15) is 0 Å². The molecule has 3 aliphatic heterocycles. The maximum absolute atomic E-state index is 14.2. The molecule has 0 radical (unpaired) electrons. The van der Waals surface area contributed by atoms with Crippen LogP contribution in [0.4, 0.5) is 4.39 Å². The van der Waals surface area contributed by atoms with Crippen molar-refractivity contribution in [2.75, 3.05) is 26.3 Å². The third-order valence-corrected chi connectivity index (χ3v) is 7.28. The third kappa shape index (κ3) is 5.33. The van der Waals surface area contributed by atoms with Gasteiger partial charge in [-0.05, 0) is 56.7 Å². The molecule has 1 fully saturated rings. The lowest BCUT2D eigenvalue weighted by molar-refractivity contribution is -0.151. The second-order valence-electron chi connectivity index (χ2n) is 8.78. The number of halogens is 1. The Balaban J connectivity index is 1.60.